The second kappa shape index (κ2) is 10.9. The molecule has 4 heterocycles. The Morgan fingerprint density at radius 1 is 0.431 bits per heavy atom. The topological polar surface area (TPSA) is 56.7 Å². The fourth-order valence-electron chi connectivity index (χ4n) is 7.51. The van der Waals surface area contributed by atoms with Gasteiger partial charge in [-0.15, -0.1) is 11.3 Å². The number of thiophene rings is 1. The smallest absolute Gasteiger partial charge is 0.165 e. The summed E-state index contributed by atoms with van der Waals surface area (Å²) in [4.78, 5) is 15.6. The van der Waals surface area contributed by atoms with Gasteiger partial charge in [-0.05, 0) is 60.7 Å². The van der Waals surface area contributed by atoms with Crippen molar-refractivity contribution in [2.45, 2.75) is 0 Å². The summed E-state index contributed by atoms with van der Waals surface area (Å²) < 4.78 is 10.9. The minimum Gasteiger partial charge on any atom is -0.456 e. The molecule has 0 aliphatic carbocycles. The first-order valence-corrected chi connectivity index (χ1v) is 17.8. The number of para-hydroxylation sites is 3. The molecule has 0 N–H and O–H groups in total. The highest BCUT2D eigenvalue weighted by atomic mass is 32.1. The standard InChI is InChI=1S/C45H26N4OS/c1-2-11-29(12-3-1)49-37-18-7-4-13-30(37)31-23-21-28(26-38(31)49)44-46-43(27-22-24-40-36(25-27)32-14-5-8-19-39(32)50-40)47-45(48-44)35-17-10-16-34-33-15-6-9-20-41(33)51-42(34)35/h1-26H. The Balaban J connectivity index is 1.18. The SMILES string of the molecule is c1ccc(-n2c3ccccc3c3ccc(-c4nc(-c5ccc6oc7ccccc7c6c5)nc(-c5cccc6c5sc5ccccc56)n4)cc32)cc1. The van der Waals surface area contributed by atoms with Crippen LogP contribution in [0.4, 0.5) is 0 Å². The van der Waals surface area contributed by atoms with Crippen LogP contribution in [-0.4, -0.2) is 19.5 Å². The van der Waals surface area contributed by atoms with Crippen molar-refractivity contribution in [3.8, 4) is 39.9 Å². The highest BCUT2D eigenvalue weighted by Gasteiger charge is 2.19. The first kappa shape index (κ1) is 28.2. The normalized spacial score (nSPS) is 11.9. The molecule has 5 nitrogen and oxygen atoms in total. The van der Waals surface area contributed by atoms with Gasteiger partial charge in [-0.2, -0.15) is 0 Å². The van der Waals surface area contributed by atoms with Crippen LogP contribution in [0, 0.1) is 0 Å². The molecule has 0 unspecified atom stereocenters. The first-order valence-electron chi connectivity index (χ1n) is 16.9. The maximum absolute atomic E-state index is 6.17. The molecule has 0 spiro atoms. The van der Waals surface area contributed by atoms with Crippen molar-refractivity contribution in [1.82, 2.24) is 19.5 Å². The summed E-state index contributed by atoms with van der Waals surface area (Å²) in [5, 5.41) is 6.93. The van der Waals surface area contributed by atoms with E-state index in [1.54, 1.807) is 11.3 Å². The van der Waals surface area contributed by atoms with Crippen molar-refractivity contribution in [3.05, 3.63) is 158 Å². The zero-order valence-corrected chi connectivity index (χ0v) is 27.9. The van der Waals surface area contributed by atoms with E-state index in [1.807, 2.05) is 30.3 Å². The molecule has 6 heteroatoms. The van der Waals surface area contributed by atoms with Crippen LogP contribution in [0.5, 0.6) is 0 Å². The Morgan fingerprint density at radius 2 is 1.08 bits per heavy atom. The fourth-order valence-corrected chi connectivity index (χ4v) is 8.72. The van der Waals surface area contributed by atoms with Crippen LogP contribution < -0.4 is 0 Å². The third-order valence-corrected chi connectivity index (χ3v) is 11.1. The molecule has 0 radical (unpaired) electrons. The molecule has 0 bridgehead atoms. The van der Waals surface area contributed by atoms with Gasteiger partial charge in [0.1, 0.15) is 11.2 Å². The van der Waals surface area contributed by atoms with E-state index in [1.165, 1.54) is 26.2 Å². The van der Waals surface area contributed by atoms with Crippen molar-refractivity contribution in [2.75, 3.05) is 0 Å². The average Bonchev–Trinajstić information content (AvgIpc) is 3.87. The molecule has 7 aromatic carbocycles. The van der Waals surface area contributed by atoms with Crippen molar-refractivity contribution in [1.29, 1.82) is 0 Å². The van der Waals surface area contributed by atoms with Crippen molar-refractivity contribution in [2.24, 2.45) is 0 Å². The summed E-state index contributed by atoms with van der Waals surface area (Å²) in [5.74, 6) is 1.88. The van der Waals surface area contributed by atoms with Crippen LogP contribution in [0.1, 0.15) is 0 Å². The van der Waals surface area contributed by atoms with E-state index in [0.29, 0.717) is 17.5 Å². The third-order valence-electron chi connectivity index (χ3n) is 9.86. The molecule has 51 heavy (non-hydrogen) atoms. The first-order chi connectivity index (χ1) is 25.3. The summed E-state index contributed by atoms with van der Waals surface area (Å²) in [6.45, 7) is 0. The lowest BCUT2D eigenvalue weighted by molar-refractivity contribution is 0.669. The predicted octanol–water partition coefficient (Wildman–Crippen LogP) is 12.2. The van der Waals surface area contributed by atoms with E-state index >= 15 is 0 Å². The number of aromatic nitrogens is 4. The highest BCUT2D eigenvalue weighted by Crippen LogP contribution is 2.41. The molecule has 238 valence electrons. The van der Waals surface area contributed by atoms with Crippen molar-refractivity contribution >= 4 is 75.3 Å². The minimum atomic E-state index is 0.615. The van der Waals surface area contributed by atoms with Crippen LogP contribution in [-0.2, 0) is 0 Å². The number of hydrogen-bond acceptors (Lipinski definition) is 5. The summed E-state index contributed by atoms with van der Waals surface area (Å²) in [5.41, 5.74) is 7.88. The Kier molecular flexibility index (Phi) is 6.05. The largest absolute Gasteiger partial charge is 0.456 e. The van der Waals surface area contributed by atoms with Crippen molar-refractivity contribution in [3.63, 3.8) is 0 Å². The molecule has 0 aliphatic rings. The Labute approximate surface area is 295 Å². The Morgan fingerprint density at radius 3 is 1.96 bits per heavy atom. The van der Waals surface area contributed by atoms with Crippen LogP contribution in [0.25, 0.3) is 104 Å². The molecule has 0 saturated heterocycles. The van der Waals surface area contributed by atoms with Gasteiger partial charge in [0.05, 0.1) is 11.0 Å². The molecule has 11 aromatic rings. The van der Waals surface area contributed by atoms with E-state index in [2.05, 4.69) is 132 Å². The molecular formula is C45H26N4OS. The number of fused-ring (bicyclic) bond motifs is 9. The summed E-state index contributed by atoms with van der Waals surface area (Å²) in [6, 6.07) is 55.0. The van der Waals surface area contributed by atoms with E-state index in [0.717, 1.165) is 60.0 Å². The molecule has 0 aliphatic heterocycles. The number of furan rings is 1. The summed E-state index contributed by atoms with van der Waals surface area (Å²) in [7, 11) is 0. The van der Waals surface area contributed by atoms with Crippen LogP contribution in [0.2, 0.25) is 0 Å². The average molecular weight is 671 g/mol. The lowest BCUT2D eigenvalue weighted by atomic mass is 10.1. The fraction of sp³-hybridized carbons (Fsp3) is 0. The second-order valence-electron chi connectivity index (χ2n) is 12.8. The van der Waals surface area contributed by atoms with Gasteiger partial charge in [0.15, 0.2) is 17.5 Å². The van der Waals surface area contributed by atoms with Crippen LogP contribution >= 0.6 is 11.3 Å². The lowest BCUT2D eigenvalue weighted by Crippen LogP contribution is -2.00. The third kappa shape index (κ3) is 4.37. The zero-order valence-electron chi connectivity index (χ0n) is 27.1. The summed E-state index contributed by atoms with van der Waals surface area (Å²) >= 11 is 1.78. The molecule has 0 atom stereocenters. The van der Waals surface area contributed by atoms with Gasteiger partial charge in [0.2, 0.25) is 0 Å². The number of nitrogens with zero attached hydrogens (tertiary/aromatic N) is 4. The number of rotatable bonds is 4. The highest BCUT2D eigenvalue weighted by molar-refractivity contribution is 7.26. The van der Waals surface area contributed by atoms with Gasteiger partial charge in [0.25, 0.3) is 0 Å². The van der Waals surface area contributed by atoms with Gasteiger partial charge < -0.3 is 8.98 Å². The van der Waals surface area contributed by atoms with E-state index in [4.69, 9.17) is 19.4 Å². The summed E-state index contributed by atoms with van der Waals surface area (Å²) in [6.07, 6.45) is 0. The van der Waals surface area contributed by atoms with Gasteiger partial charge in [0, 0.05) is 64.1 Å². The molecule has 0 fully saturated rings. The molecular weight excluding hydrogens is 645 g/mol. The zero-order chi connectivity index (χ0) is 33.5. The van der Waals surface area contributed by atoms with Gasteiger partial charge in [-0.25, -0.2) is 15.0 Å². The molecule has 4 aromatic heterocycles. The van der Waals surface area contributed by atoms with E-state index in [9.17, 15) is 0 Å². The Bertz CT molecular complexity index is 3150. The quantitative estimate of drug-likeness (QED) is 0.187. The van der Waals surface area contributed by atoms with Crippen LogP contribution in [0.15, 0.2) is 162 Å². The van der Waals surface area contributed by atoms with E-state index in [-0.39, 0.29) is 0 Å². The Hall–Kier alpha value is -6.63. The second-order valence-corrected chi connectivity index (χ2v) is 13.9. The molecule has 0 amide bonds. The van der Waals surface area contributed by atoms with Gasteiger partial charge >= 0.3 is 0 Å². The van der Waals surface area contributed by atoms with Gasteiger partial charge in [-0.1, -0.05) is 97.1 Å². The molecule has 0 saturated carbocycles. The lowest BCUT2D eigenvalue weighted by Gasteiger charge is -2.11. The van der Waals surface area contributed by atoms with Crippen molar-refractivity contribution < 1.29 is 4.42 Å². The van der Waals surface area contributed by atoms with E-state index < -0.39 is 0 Å². The number of hydrogen-bond donors (Lipinski definition) is 0. The number of benzene rings is 7. The maximum atomic E-state index is 6.17. The van der Waals surface area contributed by atoms with Gasteiger partial charge in [-0.3, -0.25) is 0 Å². The minimum absolute atomic E-state index is 0.615. The monoisotopic (exact) mass is 670 g/mol. The van der Waals surface area contributed by atoms with Crippen LogP contribution in [0.3, 0.4) is 0 Å². The molecule has 11 rings (SSSR count). The predicted molar refractivity (Wildman–Crippen MR) is 211 cm³/mol. The maximum Gasteiger partial charge on any atom is 0.165 e.